The molecule has 0 saturated carbocycles. The second-order valence-electron chi connectivity index (χ2n) is 5.75. The van der Waals surface area contributed by atoms with Gasteiger partial charge >= 0.3 is 0 Å². The molecule has 26 heavy (non-hydrogen) atoms. The van der Waals surface area contributed by atoms with E-state index >= 15 is 0 Å². The van der Waals surface area contributed by atoms with Crippen molar-refractivity contribution in [1.29, 1.82) is 0 Å². The summed E-state index contributed by atoms with van der Waals surface area (Å²) in [4.78, 5) is 29.6. The van der Waals surface area contributed by atoms with E-state index in [1.165, 1.54) is 4.88 Å². The average molecular weight is 365 g/mol. The summed E-state index contributed by atoms with van der Waals surface area (Å²) in [5.74, 6) is -0.279. The lowest BCUT2D eigenvalue weighted by atomic mass is 10.1. The van der Waals surface area contributed by atoms with Crippen LogP contribution < -0.4 is 10.6 Å². The van der Waals surface area contributed by atoms with Crippen molar-refractivity contribution in [3.05, 3.63) is 76.7 Å². The third kappa shape index (κ3) is 5.26. The Kier molecular flexibility index (Phi) is 6.11. The molecule has 3 aromatic rings. The molecule has 5 nitrogen and oxygen atoms in total. The number of nitrogens with one attached hydrogen (secondary N) is 2. The number of carbonyl (C=O) groups excluding carboxylic acids is 2. The maximum Gasteiger partial charge on any atom is 0.255 e. The molecular formula is C20H19N3O2S. The van der Waals surface area contributed by atoms with E-state index in [-0.39, 0.29) is 11.8 Å². The van der Waals surface area contributed by atoms with Crippen molar-refractivity contribution in [3.8, 4) is 0 Å². The Morgan fingerprint density at radius 1 is 0.962 bits per heavy atom. The van der Waals surface area contributed by atoms with E-state index in [1.54, 1.807) is 60.1 Å². The number of aromatic nitrogens is 1. The summed E-state index contributed by atoms with van der Waals surface area (Å²) >= 11 is 1.70. The first kappa shape index (κ1) is 17.8. The first-order valence-electron chi connectivity index (χ1n) is 8.34. The van der Waals surface area contributed by atoms with Crippen LogP contribution in [-0.2, 0) is 11.2 Å². The number of anilines is 2. The van der Waals surface area contributed by atoms with Crippen LogP contribution in [0.25, 0.3) is 0 Å². The fraction of sp³-hybridized carbons (Fsp3) is 0.150. The molecule has 6 heteroatoms. The highest BCUT2D eigenvalue weighted by Crippen LogP contribution is 2.15. The van der Waals surface area contributed by atoms with Crippen LogP contribution in [0.4, 0.5) is 11.4 Å². The van der Waals surface area contributed by atoms with Gasteiger partial charge in [0.15, 0.2) is 0 Å². The van der Waals surface area contributed by atoms with Gasteiger partial charge in [0.1, 0.15) is 0 Å². The zero-order valence-electron chi connectivity index (χ0n) is 14.1. The Bertz CT molecular complexity index is 864. The highest BCUT2D eigenvalue weighted by molar-refractivity contribution is 7.09. The highest BCUT2D eigenvalue weighted by Gasteiger charge is 2.08. The summed E-state index contributed by atoms with van der Waals surface area (Å²) in [6, 6.07) is 14.4. The molecule has 0 bridgehead atoms. The first-order valence-corrected chi connectivity index (χ1v) is 9.22. The average Bonchev–Trinajstić information content (AvgIpc) is 3.16. The molecule has 0 unspecified atom stereocenters. The van der Waals surface area contributed by atoms with Crippen molar-refractivity contribution in [1.82, 2.24) is 4.98 Å². The van der Waals surface area contributed by atoms with Crippen molar-refractivity contribution >= 4 is 34.5 Å². The van der Waals surface area contributed by atoms with E-state index in [0.29, 0.717) is 23.4 Å². The number of hydrogen-bond donors (Lipinski definition) is 2. The molecule has 3 rings (SSSR count). The SMILES string of the molecule is O=C(CCCc1cccs1)Nc1cccc(C(=O)Nc2ccncc2)c1. The zero-order valence-corrected chi connectivity index (χ0v) is 15.0. The third-order valence-electron chi connectivity index (χ3n) is 3.75. The number of carbonyl (C=O) groups is 2. The lowest BCUT2D eigenvalue weighted by molar-refractivity contribution is -0.116. The fourth-order valence-corrected chi connectivity index (χ4v) is 3.23. The number of rotatable bonds is 7. The topological polar surface area (TPSA) is 71.1 Å². The molecule has 2 heterocycles. The van der Waals surface area contributed by atoms with Gasteiger partial charge in [0.05, 0.1) is 0 Å². The number of benzene rings is 1. The number of hydrogen-bond acceptors (Lipinski definition) is 4. The predicted molar refractivity (Wildman–Crippen MR) is 105 cm³/mol. The number of aryl methyl sites for hydroxylation is 1. The summed E-state index contributed by atoms with van der Waals surface area (Å²) in [6.45, 7) is 0. The normalized spacial score (nSPS) is 10.3. The summed E-state index contributed by atoms with van der Waals surface area (Å²) < 4.78 is 0. The highest BCUT2D eigenvalue weighted by atomic mass is 32.1. The Labute approximate surface area is 156 Å². The van der Waals surface area contributed by atoms with E-state index in [0.717, 1.165) is 12.8 Å². The van der Waals surface area contributed by atoms with E-state index < -0.39 is 0 Å². The van der Waals surface area contributed by atoms with Gasteiger partial charge in [0.25, 0.3) is 5.91 Å². The Morgan fingerprint density at radius 3 is 2.58 bits per heavy atom. The molecule has 0 spiro atoms. The largest absolute Gasteiger partial charge is 0.326 e. The van der Waals surface area contributed by atoms with Gasteiger partial charge < -0.3 is 10.6 Å². The third-order valence-corrected chi connectivity index (χ3v) is 4.69. The van der Waals surface area contributed by atoms with Crippen molar-refractivity contribution in [3.63, 3.8) is 0 Å². The van der Waals surface area contributed by atoms with Crippen LogP contribution in [-0.4, -0.2) is 16.8 Å². The van der Waals surface area contributed by atoms with E-state index in [1.807, 2.05) is 11.4 Å². The van der Waals surface area contributed by atoms with Gasteiger partial charge in [0, 0.05) is 40.6 Å². The van der Waals surface area contributed by atoms with Gasteiger partial charge in [-0.2, -0.15) is 0 Å². The number of thiophene rings is 1. The molecule has 0 radical (unpaired) electrons. The molecule has 0 saturated heterocycles. The van der Waals surface area contributed by atoms with Crippen LogP contribution in [0.15, 0.2) is 66.3 Å². The molecule has 0 fully saturated rings. The van der Waals surface area contributed by atoms with Gasteiger partial charge in [0.2, 0.25) is 5.91 Å². The van der Waals surface area contributed by atoms with E-state index in [2.05, 4.69) is 21.7 Å². The smallest absolute Gasteiger partial charge is 0.255 e. The Balaban J connectivity index is 1.53. The van der Waals surface area contributed by atoms with Crippen molar-refractivity contribution < 1.29 is 9.59 Å². The molecule has 0 aliphatic carbocycles. The van der Waals surface area contributed by atoms with E-state index in [4.69, 9.17) is 0 Å². The first-order chi connectivity index (χ1) is 12.7. The molecular weight excluding hydrogens is 346 g/mol. The Hall–Kier alpha value is -2.99. The quantitative estimate of drug-likeness (QED) is 0.654. The zero-order chi connectivity index (χ0) is 18.2. The van der Waals surface area contributed by atoms with E-state index in [9.17, 15) is 9.59 Å². The van der Waals surface area contributed by atoms with Gasteiger partial charge in [-0.05, 0) is 54.6 Å². The minimum atomic E-state index is -0.231. The Morgan fingerprint density at radius 2 is 1.81 bits per heavy atom. The number of amides is 2. The van der Waals surface area contributed by atoms with Crippen LogP contribution in [0.2, 0.25) is 0 Å². The maximum absolute atomic E-state index is 12.3. The number of nitrogens with zero attached hydrogens (tertiary/aromatic N) is 1. The summed E-state index contributed by atoms with van der Waals surface area (Å²) in [6.07, 6.45) is 5.38. The molecule has 0 aliphatic rings. The maximum atomic E-state index is 12.3. The van der Waals surface area contributed by atoms with Crippen molar-refractivity contribution in [2.24, 2.45) is 0 Å². The fourth-order valence-electron chi connectivity index (χ4n) is 2.48. The predicted octanol–water partition coefficient (Wildman–Crippen LogP) is 4.36. The lowest BCUT2D eigenvalue weighted by Crippen LogP contribution is -2.14. The lowest BCUT2D eigenvalue weighted by Gasteiger charge is -2.08. The summed E-state index contributed by atoms with van der Waals surface area (Å²) in [5, 5.41) is 7.69. The van der Waals surface area contributed by atoms with Crippen LogP contribution in [0.5, 0.6) is 0 Å². The second kappa shape index (κ2) is 8.92. The monoisotopic (exact) mass is 365 g/mol. The van der Waals surface area contributed by atoms with Crippen LogP contribution in [0.1, 0.15) is 28.1 Å². The molecule has 2 aromatic heterocycles. The summed E-state index contributed by atoms with van der Waals surface area (Å²) in [7, 11) is 0. The van der Waals surface area contributed by atoms with Crippen LogP contribution >= 0.6 is 11.3 Å². The van der Waals surface area contributed by atoms with Gasteiger partial charge in [-0.3, -0.25) is 14.6 Å². The molecule has 2 amide bonds. The molecule has 1 aromatic carbocycles. The molecule has 2 N–H and O–H groups in total. The molecule has 0 aliphatic heterocycles. The van der Waals surface area contributed by atoms with Gasteiger partial charge in [-0.25, -0.2) is 0 Å². The second-order valence-corrected chi connectivity index (χ2v) is 6.78. The van der Waals surface area contributed by atoms with Crippen molar-refractivity contribution in [2.75, 3.05) is 10.6 Å². The molecule has 132 valence electrons. The van der Waals surface area contributed by atoms with Crippen LogP contribution in [0, 0.1) is 0 Å². The van der Waals surface area contributed by atoms with Gasteiger partial charge in [-0.1, -0.05) is 12.1 Å². The van der Waals surface area contributed by atoms with Crippen molar-refractivity contribution in [2.45, 2.75) is 19.3 Å². The molecule has 0 atom stereocenters. The minimum absolute atomic E-state index is 0.0479. The summed E-state index contributed by atoms with van der Waals surface area (Å²) in [5.41, 5.74) is 1.78. The van der Waals surface area contributed by atoms with Crippen LogP contribution in [0.3, 0.4) is 0 Å². The van der Waals surface area contributed by atoms with Gasteiger partial charge in [-0.15, -0.1) is 11.3 Å². The number of pyridine rings is 1. The standard InChI is InChI=1S/C20H19N3O2S/c24-19(8-2-6-18-7-3-13-26-18)22-17-5-1-4-15(14-17)20(25)23-16-9-11-21-12-10-16/h1,3-5,7,9-14H,2,6,8H2,(H,22,24)(H,21,23,25). The minimum Gasteiger partial charge on any atom is -0.326 e.